The van der Waals surface area contributed by atoms with E-state index in [0.29, 0.717) is 25.1 Å². The molecular weight excluding hydrogens is 385 g/mol. The van der Waals surface area contributed by atoms with Gasteiger partial charge in [-0.15, -0.1) is 0 Å². The number of nitrogens with zero attached hydrogens (tertiary/aromatic N) is 3. The van der Waals surface area contributed by atoms with Crippen LogP contribution in [-0.4, -0.2) is 39.6 Å². The Morgan fingerprint density at radius 1 is 1.21 bits per heavy atom. The average molecular weight is 408 g/mol. The van der Waals surface area contributed by atoms with Crippen LogP contribution in [0.15, 0.2) is 36.5 Å². The van der Waals surface area contributed by atoms with Crippen LogP contribution in [0.25, 0.3) is 0 Å². The van der Waals surface area contributed by atoms with Gasteiger partial charge in [-0.1, -0.05) is 18.2 Å². The summed E-state index contributed by atoms with van der Waals surface area (Å²) in [6, 6.07) is 8.36. The van der Waals surface area contributed by atoms with Gasteiger partial charge in [0.2, 0.25) is 5.91 Å². The number of aromatic nitrogens is 2. The number of hydrogen-bond donors (Lipinski definition) is 1. The van der Waals surface area contributed by atoms with Gasteiger partial charge in [-0.05, 0) is 38.8 Å². The van der Waals surface area contributed by atoms with Crippen LogP contribution < -0.4 is 5.32 Å². The SMILES string of the molecule is CC(C)n1ncc(C(=O)N2CCCC(C(=O)Nc3ccccc3)C2)c1C(F)(F)F. The van der Waals surface area contributed by atoms with Crippen molar-refractivity contribution >= 4 is 17.5 Å². The van der Waals surface area contributed by atoms with Crippen molar-refractivity contribution in [2.45, 2.75) is 38.9 Å². The number of amides is 2. The number of benzene rings is 1. The minimum Gasteiger partial charge on any atom is -0.338 e. The molecule has 1 saturated heterocycles. The van der Waals surface area contributed by atoms with Crippen LogP contribution in [0.4, 0.5) is 18.9 Å². The number of hydrogen-bond acceptors (Lipinski definition) is 3. The Kier molecular flexibility index (Phi) is 5.95. The summed E-state index contributed by atoms with van der Waals surface area (Å²) in [7, 11) is 0. The minimum absolute atomic E-state index is 0.0711. The maximum absolute atomic E-state index is 13.6. The fraction of sp³-hybridized carbons (Fsp3) is 0.450. The number of halogens is 3. The lowest BCUT2D eigenvalue weighted by Gasteiger charge is -2.32. The van der Waals surface area contributed by atoms with Gasteiger partial charge < -0.3 is 10.2 Å². The summed E-state index contributed by atoms with van der Waals surface area (Å²) >= 11 is 0. The van der Waals surface area contributed by atoms with Gasteiger partial charge in [0.25, 0.3) is 5.91 Å². The molecule has 3 rings (SSSR count). The Bertz CT molecular complexity index is 878. The number of nitrogens with one attached hydrogen (secondary N) is 1. The maximum Gasteiger partial charge on any atom is 0.433 e. The Morgan fingerprint density at radius 3 is 2.52 bits per heavy atom. The van der Waals surface area contributed by atoms with Gasteiger partial charge in [-0.2, -0.15) is 18.3 Å². The highest BCUT2D eigenvalue weighted by atomic mass is 19.4. The second-order valence-electron chi connectivity index (χ2n) is 7.39. The second kappa shape index (κ2) is 8.26. The number of alkyl halides is 3. The van der Waals surface area contributed by atoms with Crippen LogP contribution in [-0.2, 0) is 11.0 Å². The first kappa shape index (κ1) is 20.9. The molecule has 156 valence electrons. The number of carbonyl (C=O) groups is 2. The van der Waals surface area contributed by atoms with E-state index < -0.39 is 35.3 Å². The predicted octanol–water partition coefficient (Wildman–Crippen LogP) is 3.97. The smallest absolute Gasteiger partial charge is 0.338 e. The molecule has 9 heteroatoms. The lowest BCUT2D eigenvalue weighted by Crippen LogP contribution is -2.44. The Balaban J connectivity index is 1.77. The largest absolute Gasteiger partial charge is 0.433 e. The fourth-order valence-electron chi connectivity index (χ4n) is 3.50. The number of rotatable bonds is 4. The molecule has 0 radical (unpaired) electrons. The molecule has 0 spiro atoms. The zero-order valence-corrected chi connectivity index (χ0v) is 16.2. The van der Waals surface area contributed by atoms with Crippen molar-refractivity contribution in [2.75, 3.05) is 18.4 Å². The molecule has 2 heterocycles. The average Bonchev–Trinajstić information content (AvgIpc) is 3.14. The first-order chi connectivity index (χ1) is 13.7. The predicted molar refractivity (Wildman–Crippen MR) is 101 cm³/mol. The molecule has 2 aromatic rings. The number of piperidine rings is 1. The van der Waals surface area contributed by atoms with Gasteiger partial charge >= 0.3 is 6.18 Å². The topological polar surface area (TPSA) is 67.2 Å². The molecule has 1 unspecified atom stereocenters. The molecule has 1 fully saturated rings. The van der Waals surface area contributed by atoms with Crippen LogP contribution in [0.3, 0.4) is 0 Å². The summed E-state index contributed by atoms with van der Waals surface area (Å²) in [4.78, 5) is 26.7. The van der Waals surface area contributed by atoms with Gasteiger partial charge in [0.15, 0.2) is 5.69 Å². The highest BCUT2D eigenvalue weighted by Crippen LogP contribution is 2.34. The summed E-state index contributed by atoms with van der Waals surface area (Å²) in [6.45, 7) is 3.52. The van der Waals surface area contributed by atoms with E-state index in [1.54, 1.807) is 38.1 Å². The Hall–Kier alpha value is -2.84. The number of anilines is 1. The minimum atomic E-state index is -4.70. The molecule has 1 N–H and O–H groups in total. The van der Waals surface area contributed by atoms with E-state index in [0.717, 1.165) is 10.9 Å². The summed E-state index contributed by atoms with van der Waals surface area (Å²) in [5, 5.41) is 6.57. The molecule has 29 heavy (non-hydrogen) atoms. The van der Waals surface area contributed by atoms with Crippen molar-refractivity contribution in [1.82, 2.24) is 14.7 Å². The molecule has 1 aromatic carbocycles. The zero-order valence-electron chi connectivity index (χ0n) is 16.2. The van der Waals surface area contributed by atoms with Crippen molar-refractivity contribution in [3.8, 4) is 0 Å². The van der Waals surface area contributed by atoms with Crippen molar-refractivity contribution in [2.24, 2.45) is 5.92 Å². The third-order valence-corrected chi connectivity index (χ3v) is 4.90. The van der Waals surface area contributed by atoms with Crippen LogP contribution >= 0.6 is 0 Å². The third-order valence-electron chi connectivity index (χ3n) is 4.90. The van der Waals surface area contributed by atoms with E-state index in [9.17, 15) is 22.8 Å². The Labute approximate surface area is 166 Å². The Morgan fingerprint density at radius 2 is 1.90 bits per heavy atom. The molecule has 0 saturated carbocycles. The maximum atomic E-state index is 13.6. The normalized spacial score (nSPS) is 17.4. The van der Waals surface area contributed by atoms with E-state index in [1.165, 1.54) is 4.90 Å². The first-order valence-corrected chi connectivity index (χ1v) is 9.48. The summed E-state index contributed by atoms with van der Waals surface area (Å²) in [6.07, 6.45) is -2.62. The molecule has 1 aromatic heterocycles. The van der Waals surface area contributed by atoms with E-state index in [4.69, 9.17) is 0 Å². The van der Waals surface area contributed by atoms with E-state index >= 15 is 0 Å². The van der Waals surface area contributed by atoms with Gasteiger partial charge in [-0.25, -0.2) is 0 Å². The van der Waals surface area contributed by atoms with Gasteiger partial charge in [0, 0.05) is 24.8 Å². The van der Waals surface area contributed by atoms with Crippen molar-refractivity contribution in [1.29, 1.82) is 0 Å². The van der Waals surface area contributed by atoms with Crippen LogP contribution in [0.5, 0.6) is 0 Å². The summed E-state index contributed by atoms with van der Waals surface area (Å²) in [5.41, 5.74) is -0.887. The van der Waals surface area contributed by atoms with Crippen LogP contribution in [0.2, 0.25) is 0 Å². The lowest BCUT2D eigenvalue weighted by molar-refractivity contribution is -0.145. The second-order valence-corrected chi connectivity index (χ2v) is 7.39. The molecule has 0 aliphatic carbocycles. The fourth-order valence-corrected chi connectivity index (χ4v) is 3.50. The van der Waals surface area contributed by atoms with Gasteiger partial charge in [0.1, 0.15) is 0 Å². The molecule has 1 aliphatic rings. The zero-order chi connectivity index (χ0) is 21.2. The number of likely N-dealkylation sites (tertiary alicyclic amines) is 1. The molecular formula is C20H23F3N4O2. The van der Waals surface area contributed by atoms with Crippen molar-refractivity contribution in [3.05, 3.63) is 47.8 Å². The molecule has 6 nitrogen and oxygen atoms in total. The van der Waals surface area contributed by atoms with Gasteiger partial charge in [0.05, 0.1) is 17.7 Å². The van der Waals surface area contributed by atoms with Crippen LogP contribution in [0.1, 0.15) is 48.8 Å². The molecule has 0 bridgehead atoms. The highest BCUT2D eigenvalue weighted by Gasteiger charge is 2.42. The number of carbonyl (C=O) groups excluding carboxylic acids is 2. The lowest BCUT2D eigenvalue weighted by atomic mass is 9.96. The summed E-state index contributed by atoms with van der Waals surface area (Å²) in [5.74, 6) is -1.48. The monoisotopic (exact) mass is 408 g/mol. The molecule has 2 amide bonds. The first-order valence-electron chi connectivity index (χ1n) is 9.48. The molecule has 1 aliphatic heterocycles. The molecule has 1 atom stereocenters. The van der Waals surface area contributed by atoms with E-state index in [2.05, 4.69) is 10.4 Å². The standard InChI is InChI=1S/C20H23F3N4O2/c1-13(2)27-17(20(21,22)23)16(11-24-27)19(29)26-10-6-7-14(12-26)18(28)25-15-8-4-3-5-9-15/h3-5,8-9,11,13-14H,6-7,10,12H2,1-2H3,(H,25,28). The highest BCUT2D eigenvalue weighted by molar-refractivity contribution is 5.97. The van der Waals surface area contributed by atoms with Crippen LogP contribution in [0, 0.1) is 5.92 Å². The van der Waals surface area contributed by atoms with Crippen molar-refractivity contribution < 1.29 is 22.8 Å². The number of para-hydroxylation sites is 1. The summed E-state index contributed by atoms with van der Waals surface area (Å²) < 4.78 is 41.6. The van der Waals surface area contributed by atoms with E-state index in [-0.39, 0.29) is 12.5 Å². The van der Waals surface area contributed by atoms with E-state index in [1.807, 2.05) is 6.07 Å². The van der Waals surface area contributed by atoms with Crippen molar-refractivity contribution in [3.63, 3.8) is 0 Å². The third kappa shape index (κ3) is 4.60. The quantitative estimate of drug-likeness (QED) is 0.832. The van der Waals surface area contributed by atoms with Gasteiger partial charge in [-0.3, -0.25) is 14.3 Å².